The SMILES string of the molecule is CCCC(S)C(=O)N(C(=O)[C@@H](N)CCc1ccccc1)[C@@H](Cc1ccccc1)C(=O)NC. The fraction of sp³-hybridized carbons (Fsp3) is 0.400. The highest BCUT2D eigenvalue weighted by atomic mass is 32.1. The van der Waals surface area contributed by atoms with Crippen LogP contribution in [-0.4, -0.2) is 47.0 Å². The van der Waals surface area contributed by atoms with Crippen molar-refractivity contribution < 1.29 is 14.4 Å². The molecular formula is C25H33N3O3S. The van der Waals surface area contributed by atoms with Gasteiger partial charge in [-0.2, -0.15) is 12.6 Å². The Morgan fingerprint density at radius 2 is 1.50 bits per heavy atom. The van der Waals surface area contributed by atoms with Gasteiger partial charge in [0.15, 0.2) is 0 Å². The zero-order valence-corrected chi connectivity index (χ0v) is 19.6. The zero-order valence-electron chi connectivity index (χ0n) is 18.7. The molecule has 2 aromatic carbocycles. The van der Waals surface area contributed by atoms with Crippen molar-refractivity contribution >= 4 is 30.4 Å². The number of hydrogen-bond donors (Lipinski definition) is 3. The molecule has 2 aromatic rings. The number of carbonyl (C=O) groups excluding carboxylic acids is 3. The van der Waals surface area contributed by atoms with E-state index in [9.17, 15) is 14.4 Å². The molecule has 2 rings (SSSR count). The van der Waals surface area contributed by atoms with Crippen molar-refractivity contribution in [2.24, 2.45) is 5.73 Å². The number of amides is 3. The third-order valence-electron chi connectivity index (χ3n) is 5.36. The Labute approximate surface area is 196 Å². The quantitative estimate of drug-likeness (QED) is 0.454. The number of rotatable bonds is 11. The number of hydrogen-bond acceptors (Lipinski definition) is 5. The van der Waals surface area contributed by atoms with Crippen LogP contribution >= 0.6 is 12.6 Å². The summed E-state index contributed by atoms with van der Waals surface area (Å²) in [4.78, 5) is 40.6. The third-order valence-corrected chi connectivity index (χ3v) is 5.84. The molecule has 3 amide bonds. The number of carbonyl (C=O) groups is 3. The van der Waals surface area contributed by atoms with Crippen LogP contribution in [0, 0.1) is 0 Å². The summed E-state index contributed by atoms with van der Waals surface area (Å²) >= 11 is 4.42. The molecule has 172 valence electrons. The van der Waals surface area contributed by atoms with E-state index in [0.717, 1.165) is 22.4 Å². The van der Waals surface area contributed by atoms with Crippen LogP contribution in [0.15, 0.2) is 60.7 Å². The van der Waals surface area contributed by atoms with E-state index in [1.807, 2.05) is 67.6 Å². The Morgan fingerprint density at radius 1 is 0.938 bits per heavy atom. The largest absolute Gasteiger partial charge is 0.357 e. The van der Waals surface area contributed by atoms with Crippen molar-refractivity contribution in [1.82, 2.24) is 10.2 Å². The summed E-state index contributed by atoms with van der Waals surface area (Å²) in [7, 11) is 1.49. The van der Waals surface area contributed by atoms with Crippen molar-refractivity contribution in [2.75, 3.05) is 7.05 Å². The average Bonchev–Trinajstić information content (AvgIpc) is 2.82. The van der Waals surface area contributed by atoms with Crippen LogP contribution in [0.25, 0.3) is 0 Å². The van der Waals surface area contributed by atoms with Gasteiger partial charge >= 0.3 is 0 Å². The smallest absolute Gasteiger partial charge is 0.246 e. The Morgan fingerprint density at radius 3 is 2.03 bits per heavy atom. The topological polar surface area (TPSA) is 92.5 Å². The van der Waals surface area contributed by atoms with Gasteiger partial charge in [-0.15, -0.1) is 0 Å². The maximum atomic E-state index is 13.4. The van der Waals surface area contributed by atoms with E-state index in [2.05, 4.69) is 17.9 Å². The number of nitrogens with one attached hydrogen (secondary N) is 1. The fourth-order valence-electron chi connectivity index (χ4n) is 3.55. The first-order valence-corrected chi connectivity index (χ1v) is 11.5. The molecule has 3 N–H and O–H groups in total. The summed E-state index contributed by atoms with van der Waals surface area (Å²) in [6, 6.07) is 17.1. The zero-order chi connectivity index (χ0) is 23.5. The fourth-order valence-corrected chi connectivity index (χ4v) is 3.93. The molecular weight excluding hydrogens is 422 g/mol. The predicted molar refractivity (Wildman–Crippen MR) is 130 cm³/mol. The average molecular weight is 456 g/mol. The van der Waals surface area contributed by atoms with Crippen LogP contribution in [0.5, 0.6) is 0 Å². The molecule has 0 spiro atoms. The third kappa shape index (κ3) is 7.21. The lowest BCUT2D eigenvalue weighted by molar-refractivity contribution is -0.152. The number of aryl methyl sites for hydroxylation is 1. The second-order valence-electron chi connectivity index (χ2n) is 7.80. The molecule has 0 aliphatic rings. The highest BCUT2D eigenvalue weighted by molar-refractivity contribution is 7.81. The number of thiol groups is 1. The van der Waals surface area contributed by atoms with Crippen LogP contribution in [0.3, 0.4) is 0 Å². The van der Waals surface area contributed by atoms with E-state index >= 15 is 0 Å². The van der Waals surface area contributed by atoms with Crippen molar-refractivity contribution in [2.45, 2.75) is 56.4 Å². The molecule has 0 aromatic heterocycles. The van der Waals surface area contributed by atoms with Gasteiger partial charge in [0.2, 0.25) is 17.7 Å². The van der Waals surface area contributed by atoms with E-state index in [1.54, 1.807) is 0 Å². The van der Waals surface area contributed by atoms with Crippen LogP contribution < -0.4 is 11.1 Å². The Kier molecular flexibility index (Phi) is 10.4. The first-order valence-electron chi connectivity index (χ1n) is 11.0. The van der Waals surface area contributed by atoms with Gasteiger partial charge in [-0.3, -0.25) is 19.3 Å². The maximum absolute atomic E-state index is 13.4. The van der Waals surface area contributed by atoms with Gasteiger partial charge < -0.3 is 11.1 Å². The van der Waals surface area contributed by atoms with Crippen LogP contribution in [-0.2, 0) is 27.2 Å². The summed E-state index contributed by atoms with van der Waals surface area (Å²) < 4.78 is 0. The molecule has 1 unspecified atom stereocenters. The minimum atomic E-state index is -1.00. The van der Waals surface area contributed by atoms with Gasteiger partial charge in [-0.05, 0) is 30.4 Å². The molecule has 32 heavy (non-hydrogen) atoms. The van der Waals surface area contributed by atoms with E-state index in [1.165, 1.54) is 7.05 Å². The van der Waals surface area contributed by atoms with Gasteiger partial charge in [0.25, 0.3) is 0 Å². The minimum Gasteiger partial charge on any atom is -0.357 e. The highest BCUT2D eigenvalue weighted by Crippen LogP contribution is 2.18. The minimum absolute atomic E-state index is 0.204. The standard InChI is InChI=1S/C25H33N3O3S/c1-3-10-22(32)25(31)28(21(23(29)27-2)17-19-13-8-5-9-14-19)24(30)20(26)16-15-18-11-6-4-7-12-18/h4-9,11-14,20-22,32H,3,10,15-17,26H2,1-2H3,(H,27,29)/t20-,21-,22?/m0/s1. The summed E-state index contributed by atoms with van der Waals surface area (Å²) in [6.07, 6.45) is 2.39. The molecule has 0 heterocycles. The lowest BCUT2D eigenvalue weighted by Gasteiger charge is -2.32. The molecule has 0 aliphatic heterocycles. The number of likely N-dealkylation sites (N-methyl/N-ethyl adjacent to an activating group) is 1. The van der Waals surface area contributed by atoms with Crippen molar-refractivity contribution in [3.63, 3.8) is 0 Å². The van der Waals surface area contributed by atoms with E-state index in [4.69, 9.17) is 5.73 Å². The van der Waals surface area contributed by atoms with E-state index < -0.39 is 35.1 Å². The molecule has 0 bridgehead atoms. The highest BCUT2D eigenvalue weighted by Gasteiger charge is 2.38. The first-order chi connectivity index (χ1) is 15.4. The first kappa shape index (κ1) is 25.6. The molecule has 0 saturated carbocycles. The van der Waals surface area contributed by atoms with E-state index in [0.29, 0.717) is 19.3 Å². The molecule has 3 atom stereocenters. The number of imide groups is 1. The van der Waals surface area contributed by atoms with Crippen molar-refractivity contribution in [1.29, 1.82) is 0 Å². The molecule has 0 aliphatic carbocycles. The normalized spacial score (nSPS) is 13.6. The summed E-state index contributed by atoms with van der Waals surface area (Å²) in [5, 5.41) is 1.91. The van der Waals surface area contributed by atoms with Gasteiger partial charge in [-0.1, -0.05) is 74.0 Å². The van der Waals surface area contributed by atoms with Crippen LogP contribution in [0.4, 0.5) is 0 Å². The Balaban J connectivity index is 2.31. The lowest BCUT2D eigenvalue weighted by Crippen LogP contribution is -2.58. The van der Waals surface area contributed by atoms with Crippen LogP contribution in [0.1, 0.15) is 37.3 Å². The van der Waals surface area contributed by atoms with Gasteiger partial charge in [0.1, 0.15) is 6.04 Å². The second-order valence-corrected chi connectivity index (χ2v) is 8.42. The monoisotopic (exact) mass is 455 g/mol. The van der Waals surface area contributed by atoms with Gasteiger partial charge in [0, 0.05) is 13.5 Å². The molecule has 7 heteroatoms. The van der Waals surface area contributed by atoms with Gasteiger partial charge in [0.05, 0.1) is 11.3 Å². The Bertz CT molecular complexity index is 877. The Hall–Kier alpha value is -2.64. The van der Waals surface area contributed by atoms with Crippen molar-refractivity contribution in [3.8, 4) is 0 Å². The molecule has 0 fully saturated rings. The number of nitrogens with zero attached hydrogens (tertiary/aromatic N) is 1. The van der Waals surface area contributed by atoms with Crippen LogP contribution in [0.2, 0.25) is 0 Å². The summed E-state index contributed by atoms with van der Waals surface area (Å²) in [6.45, 7) is 1.94. The van der Waals surface area contributed by atoms with E-state index in [-0.39, 0.29) is 6.42 Å². The summed E-state index contributed by atoms with van der Waals surface area (Å²) in [5.41, 5.74) is 8.15. The second kappa shape index (κ2) is 13.0. The number of nitrogens with two attached hydrogens (primary N) is 1. The predicted octanol–water partition coefficient (Wildman–Crippen LogP) is 2.76. The molecule has 6 nitrogen and oxygen atoms in total. The number of benzene rings is 2. The molecule has 0 radical (unpaired) electrons. The van der Waals surface area contributed by atoms with Crippen molar-refractivity contribution in [3.05, 3.63) is 71.8 Å². The molecule has 0 saturated heterocycles. The summed E-state index contributed by atoms with van der Waals surface area (Å²) in [5.74, 6) is -1.45. The lowest BCUT2D eigenvalue weighted by atomic mass is 10.00. The maximum Gasteiger partial charge on any atom is 0.246 e. The van der Waals surface area contributed by atoms with Gasteiger partial charge in [-0.25, -0.2) is 0 Å².